The molecule has 0 atom stereocenters. The second kappa shape index (κ2) is 4.04. The van der Waals surface area contributed by atoms with Gasteiger partial charge < -0.3 is 5.73 Å². The van der Waals surface area contributed by atoms with Crippen molar-refractivity contribution < 1.29 is 0 Å². The minimum absolute atomic E-state index is 0.690. The van der Waals surface area contributed by atoms with Crippen molar-refractivity contribution in [1.29, 1.82) is 0 Å². The van der Waals surface area contributed by atoms with Gasteiger partial charge in [-0.1, -0.05) is 0 Å². The number of nitrogens with two attached hydrogens (primary N) is 1. The molecule has 0 aromatic heterocycles. The van der Waals surface area contributed by atoms with E-state index in [1.165, 1.54) is 13.1 Å². The first-order valence-corrected chi connectivity index (χ1v) is 4.40. The Bertz CT molecular complexity index is 106. The van der Waals surface area contributed by atoms with E-state index in [0.29, 0.717) is 12.7 Å². The van der Waals surface area contributed by atoms with E-state index in [1.54, 1.807) is 0 Å². The summed E-state index contributed by atoms with van der Waals surface area (Å²) < 4.78 is 0. The second-order valence-electron chi connectivity index (χ2n) is 3.43. The van der Waals surface area contributed by atoms with Gasteiger partial charge in [0, 0.05) is 38.9 Å². The normalized spacial score (nSPS) is 22.9. The smallest absolute Gasteiger partial charge is 0.0456 e. The van der Waals surface area contributed by atoms with Crippen LogP contribution in [-0.2, 0) is 0 Å². The molecule has 0 amide bonds. The highest BCUT2D eigenvalue weighted by Crippen LogP contribution is 2.03. The molecule has 0 radical (unpaired) electrons. The summed E-state index contributed by atoms with van der Waals surface area (Å²) in [5, 5.41) is 0. The lowest BCUT2D eigenvalue weighted by molar-refractivity contribution is 0.110. The van der Waals surface area contributed by atoms with Crippen molar-refractivity contribution in [3.63, 3.8) is 0 Å². The molecule has 0 unspecified atom stereocenters. The lowest BCUT2D eigenvalue weighted by atomic mass is 10.2. The summed E-state index contributed by atoms with van der Waals surface area (Å²) >= 11 is 0. The second-order valence-corrected chi connectivity index (χ2v) is 3.43. The first-order chi connectivity index (χ1) is 5.24. The molecule has 1 rings (SSSR count). The van der Waals surface area contributed by atoms with E-state index in [-0.39, 0.29) is 0 Å². The van der Waals surface area contributed by atoms with Crippen LogP contribution in [-0.4, -0.2) is 48.7 Å². The monoisotopic (exact) mass is 157 g/mol. The van der Waals surface area contributed by atoms with Crippen molar-refractivity contribution in [1.82, 2.24) is 9.80 Å². The molecule has 0 aliphatic carbocycles. The van der Waals surface area contributed by atoms with Gasteiger partial charge in [0.1, 0.15) is 0 Å². The molecule has 1 saturated heterocycles. The molecule has 66 valence electrons. The first-order valence-electron chi connectivity index (χ1n) is 4.40. The predicted molar refractivity (Wildman–Crippen MR) is 47.3 cm³/mol. The van der Waals surface area contributed by atoms with E-state index in [9.17, 15) is 0 Å². The van der Waals surface area contributed by atoms with Crippen molar-refractivity contribution in [2.24, 2.45) is 5.73 Å². The topological polar surface area (TPSA) is 32.5 Å². The maximum atomic E-state index is 5.53. The fourth-order valence-corrected chi connectivity index (χ4v) is 1.46. The van der Waals surface area contributed by atoms with E-state index in [0.717, 1.165) is 13.1 Å². The first kappa shape index (κ1) is 8.97. The molecule has 2 N–H and O–H groups in total. The van der Waals surface area contributed by atoms with Crippen LogP contribution in [0.15, 0.2) is 0 Å². The number of hydrogen-bond acceptors (Lipinski definition) is 3. The third-order valence-corrected chi connectivity index (χ3v) is 2.40. The Hall–Kier alpha value is -0.120. The fraction of sp³-hybridized carbons (Fsp3) is 1.00. The summed E-state index contributed by atoms with van der Waals surface area (Å²) in [5.41, 5.74) is 5.53. The third-order valence-electron chi connectivity index (χ3n) is 2.40. The van der Waals surface area contributed by atoms with Crippen LogP contribution in [0.5, 0.6) is 0 Å². The fourth-order valence-electron chi connectivity index (χ4n) is 1.46. The molecule has 1 heterocycles. The summed E-state index contributed by atoms with van der Waals surface area (Å²) in [7, 11) is 0. The summed E-state index contributed by atoms with van der Waals surface area (Å²) in [4.78, 5) is 4.78. The van der Waals surface area contributed by atoms with E-state index in [1.807, 2.05) is 0 Å². The molecule has 0 aromatic rings. The van der Waals surface area contributed by atoms with Gasteiger partial charge in [-0.15, -0.1) is 0 Å². The molecular formula is C8H19N3. The summed E-state index contributed by atoms with van der Waals surface area (Å²) in [6.45, 7) is 9.83. The standard InChI is InChI=1S/C8H19N3/c1-8(2)11-5-3-10(7-9)4-6-11/h8H,3-7,9H2,1-2H3. The van der Waals surface area contributed by atoms with E-state index in [4.69, 9.17) is 5.73 Å². The highest BCUT2D eigenvalue weighted by molar-refractivity contribution is 4.72. The van der Waals surface area contributed by atoms with Crippen molar-refractivity contribution in [3.05, 3.63) is 0 Å². The van der Waals surface area contributed by atoms with Crippen LogP contribution >= 0.6 is 0 Å². The van der Waals surface area contributed by atoms with Crippen molar-refractivity contribution in [3.8, 4) is 0 Å². The number of piperazine rings is 1. The van der Waals surface area contributed by atoms with Gasteiger partial charge in [0.2, 0.25) is 0 Å². The predicted octanol–water partition coefficient (Wildman–Crippen LogP) is -0.0714. The Kier molecular flexibility index (Phi) is 3.30. The van der Waals surface area contributed by atoms with Gasteiger partial charge >= 0.3 is 0 Å². The maximum Gasteiger partial charge on any atom is 0.0456 e. The summed E-state index contributed by atoms with van der Waals surface area (Å²) in [5.74, 6) is 0. The molecule has 0 aromatic carbocycles. The molecule has 1 fully saturated rings. The SMILES string of the molecule is CC(C)N1CCN(CN)CC1. The van der Waals surface area contributed by atoms with Crippen molar-refractivity contribution in [2.75, 3.05) is 32.8 Å². The van der Waals surface area contributed by atoms with Gasteiger partial charge in [-0.25, -0.2) is 0 Å². The van der Waals surface area contributed by atoms with Crippen molar-refractivity contribution >= 4 is 0 Å². The van der Waals surface area contributed by atoms with Crippen LogP contribution in [0, 0.1) is 0 Å². The molecule has 0 spiro atoms. The highest BCUT2D eigenvalue weighted by Gasteiger charge is 2.16. The Morgan fingerprint density at radius 2 is 1.73 bits per heavy atom. The van der Waals surface area contributed by atoms with Gasteiger partial charge in [-0.3, -0.25) is 9.80 Å². The van der Waals surface area contributed by atoms with Crippen LogP contribution in [0.2, 0.25) is 0 Å². The van der Waals surface area contributed by atoms with Crippen LogP contribution in [0.4, 0.5) is 0 Å². The number of rotatable bonds is 2. The van der Waals surface area contributed by atoms with Crippen molar-refractivity contribution in [2.45, 2.75) is 19.9 Å². The zero-order chi connectivity index (χ0) is 8.27. The van der Waals surface area contributed by atoms with Crippen LogP contribution < -0.4 is 5.73 Å². The van der Waals surface area contributed by atoms with Crippen LogP contribution in [0.25, 0.3) is 0 Å². The van der Waals surface area contributed by atoms with Crippen LogP contribution in [0.3, 0.4) is 0 Å². The molecule has 3 heteroatoms. The molecule has 11 heavy (non-hydrogen) atoms. The summed E-state index contributed by atoms with van der Waals surface area (Å²) in [6, 6.07) is 0.690. The average Bonchev–Trinajstić information content (AvgIpc) is 2.05. The Morgan fingerprint density at radius 1 is 1.18 bits per heavy atom. The van der Waals surface area contributed by atoms with E-state index < -0.39 is 0 Å². The number of nitrogens with zero attached hydrogens (tertiary/aromatic N) is 2. The van der Waals surface area contributed by atoms with Gasteiger partial charge in [0.15, 0.2) is 0 Å². The molecule has 1 aliphatic rings. The van der Waals surface area contributed by atoms with Gasteiger partial charge in [0.05, 0.1) is 0 Å². The zero-order valence-corrected chi connectivity index (χ0v) is 7.58. The molecule has 3 nitrogen and oxygen atoms in total. The molecule has 1 aliphatic heterocycles. The van der Waals surface area contributed by atoms with Gasteiger partial charge in [0.25, 0.3) is 0 Å². The Balaban J connectivity index is 2.24. The minimum Gasteiger partial charge on any atom is -0.318 e. The van der Waals surface area contributed by atoms with Gasteiger partial charge in [-0.2, -0.15) is 0 Å². The molecule has 0 bridgehead atoms. The van der Waals surface area contributed by atoms with E-state index in [2.05, 4.69) is 23.6 Å². The Labute approximate surface area is 69.1 Å². The lowest BCUT2D eigenvalue weighted by Gasteiger charge is -2.36. The zero-order valence-electron chi connectivity index (χ0n) is 7.58. The lowest BCUT2D eigenvalue weighted by Crippen LogP contribution is -2.50. The molecule has 0 saturated carbocycles. The number of hydrogen-bond donors (Lipinski definition) is 1. The Morgan fingerprint density at radius 3 is 2.09 bits per heavy atom. The highest BCUT2D eigenvalue weighted by atomic mass is 15.3. The maximum absolute atomic E-state index is 5.53. The average molecular weight is 157 g/mol. The minimum atomic E-state index is 0.690. The van der Waals surface area contributed by atoms with E-state index >= 15 is 0 Å². The molecular weight excluding hydrogens is 138 g/mol. The quantitative estimate of drug-likeness (QED) is 0.609. The summed E-state index contributed by atoms with van der Waals surface area (Å²) in [6.07, 6.45) is 0. The van der Waals surface area contributed by atoms with Gasteiger partial charge in [-0.05, 0) is 13.8 Å². The third kappa shape index (κ3) is 2.43. The largest absolute Gasteiger partial charge is 0.318 e. The van der Waals surface area contributed by atoms with Crippen LogP contribution in [0.1, 0.15) is 13.8 Å².